The molecule has 0 aromatic heterocycles. The molecule has 4 nitrogen and oxygen atoms in total. The first-order valence-corrected chi connectivity index (χ1v) is 10.1. The summed E-state index contributed by atoms with van der Waals surface area (Å²) in [4.78, 5) is 27.4. The molecule has 3 aromatic rings. The Hall–Kier alpha value is -3.37. The average Bonchev–Trinajstić information content (AvgIpc) is 3.04. The summed E-state index contributed by atoms with van der Waals surface area (Å²) in [6, 6.07) is 24.9. The number of hydrogen-bond donors (Lipinski definition) is 1. The SMILES string of the molecule is O=C1C(=O)N(CCc2ccccc2)[C@H](c2ccc(Cl)cc2)/C1=C(\O)c1ccccc1. The van der Waals surface area contributed by atoms with Gasteiger partial charge in [0.15, 0.2) is 0 Å². The highest BCUT2D eigenvalue weighted by molar-refractivity contribution is 6.46. The van der Waals surface area contributed by atoms with Gasteiger partial charge in [0.25, 0.3) is 11.7 Å². The lowest BCUT2D eigenvalue weighted by Crippen LogP contribution is -2.31. The van der Waals surface area contributed by atoms with E-state index < -0.39 is 17.7 Å². The van der Waals surface area contributed by atoms with Gasteiger partial charge in [-0.3, -0.25) is 9.59 Å². The highest BCUT2D eigenvalue weighted by Gasteiger charge is 2.45. The Balaban J connectivity index is 1.78. The van der Waals surface area contributed by atoms with Crippen LogP contribution in [0, 0.1) is 0 Å². The molecule has 0 saturated carbocycles. The van der Waals surface area contributed by atoms with E-state index in [1.807, 2.05) is 36.4 Å². The maximum atomic E-state index is 13.0. The van der Waals surface area contributed by atoms with E-state index >= 15 is 0 Å². The summed E-state index contributed by atoms with van der Waals surface area (Å²) in [5.74, 6) is -1.45. The van der Waals surface area contributed by atoms with E-state index in [4.69, 9.17) is 11.6 Å². The molecule has 0 unspecified atom stereocenters. The van der Waals surface area contributed by atoms with E-state index in [0.29, 0.717) is 23.6 Å². The Labute approximate surface area is 180 Å². The number of carbonyl (C=O) groups excluding carboxylic acids is 2. The third-order valence-electron chi connectivity index (χ3n) is 5.26. The first-order chi connectivity index (χ1) is 14.6. The maximum absolute atomic E-state index is 13.0. The fourth-order valence-electron chi connectivity index (χ4n) is 3.75. The fourth-order valence-corrected chi connectivity index (χ4v) is 3.87. The topological polar surface area (TPSA) is 57.6 Å². The molecule has 1 N–H and O–H groups in total. The Morgan fingerprint density at radius 2 is 1.47 bits per heavy atom. The van der Waals surface area contributed by atoms with Crippen LogP contribution in [-0.2, 0) is 16.0 Å². The molecule has 0 radical (unpaired) electrons. The normalized spacial score (nSPS) is 18.0. The minimum absolute atomic E-state index is 0.0987. The molecule has 1 atom stereocenters. The Morgan fingerprint density at radius 3 is 2.10 bits per heavy atom. The van der Waals surface area contributed by atoms with Gasteiger partial charge in [0, 0.05) is 17.1 Å². The van der Waals surface area contributed by atoms with Crippen molar-refractivity contribution >= 4 is 29.1 Å². The van der Waals surface area contributed by atoms with E-state index in [-0.39, 0.29) is 11.3 Å². The summed E-state index contributed by atoms with van der Waals surface area (Å²) >= 11 is 6.04. The van der Waals surface area contributed by atoms with E-state index in [1.165, 1.54) is 4.90 Å². The van der Waals surface area contributed by atoms with Gasteiger partial charge in [-0.25, -0.2) is 0 Å². The molecule has 0 bridgehead atoms. The fraction of sp³-hybridized carbons (Fsp3) is 0.120. The van der Waals surface area contributed by atoms with Gasteiger partial charge in [0.2, 0.25) is 0 Å². The van der Waals surface area contributed by atoms with Crippen molar-refractivity contribution in [3.63, 3.8) is 0 Å². The minimum atomic E-state index is -0.677. The molecular weight excluding hydrogens is 398 g/mol. The molecule has 4 rings (SSSR count). The van der Waals surface area contributed by atoms with Crippen molar-refractivity contribution in [2.75, 3.05) is 6.54 Å². The van der Waals surface area contributed by atoms with E-state index in [2.05, 4.69) is 0 Å². The maximum Gasteiger partial charge on any atom is 0.295 e. The molecule has 0 spiro atoms. The van der Waals surface area contributed by atoms with E-state index in [0.717, 1.165) is 11.1 Å². The van der Waals surface area contributed by atoms with Crippen LogP contribution in [0.2, 0.25) is 5.02 Å². The van der Waals surface area contributed by atoms with Crippen molar-refractivity contribution in [1.29, 1.82) is 0 Å². The molecule has 3 aromatic carbocycles. The van der Waals surface area contributed by atoms with Gasteiger partial charge in [-0.2, -0.15) is 0 Å². The number of likely N-dealkylation sites (tertiary alicyclic amines) is 1. The molecule has 1 aliphatic heterocycles. The van der Waals surface area contributed by atoms with Crippen LogP contribution in [0.5, 0.6) is 0 Å². The summed E-state index contributed by atoms with van der Waals surface area (Å²) in [5.41, 5.74) is 2.39. The molecule has 0 aliphatic carbocycles. The van der Waals surface area contributed by atoms with Crippen LogP contribution in [0.15, 0.2) is 90.5 Å². The van der Waals surface area contributed by atoms with Crippen LogP contribution in [0.4, 0.5) is 0 Å². The zero-order valence-corrected chi connectivity index (χ0v) is 16.9. The number of hydrogen-bond acceptors (Lipinski definition) is 3. The number of carbonyl (C=O) groups is 2. The largest absolute Gasteiger partial charge is 0.507 e. The van der Waals surface area contributed by atoms with Crippen molar-refractivity contribution in [1.82, 2.24) is 4.90 Å². The van der Waals surface area contributed by atoms with Crippen LogP contribution in [0.3, 0.4) is 0 Å². The number of halogens is 1. The van der Waals surface area contributed by atoms with Gasteiger partial charge in [-0.05, 0) is 29.7 Å². The quantitative estimate of drug-likeness (QED) is 0.361. The molecule has 1 heterocycles. The number of Topliss-reactive ketones (excluding diaryl/α,β-unsaturated/α-hetero) is 1. The van der Waals surface area contributed by atoms with Crippen molar-refractivity contribution in [2.45, 2.75) is 12.5 Å². The highest BCUT2D eigenvalue weighted by Crippen LogP contribution is 2.39. The molecule has 150 valence electrons. The van der Waals surface area contributed by atoms with E-state index in [9.17, 15) is 14.7 Å². The summed E-state index contributed by atoms with van der Waals surface area (Å²) in [6.07, 6.45) is 0.601. The summed E-state index contributed by atoms with van der Waals surface area (Å²) in [7, 11) is 0. The second kappa shape index (κ2) is 8.56. The number of benzene rings is 3. The number of aliphatic hydroxyl groups is 1. The molecule has 1 aliphatic rings. The minimum Gasteiger partial charge on any atom is -0.507 e. The van der Waals surface area contributed by atoms with Crippen LogP contribution in [-0.4, -0.2) is 28.2 Å². The van der Waals surface area contributed by atoms with Crippen LogP contribution in [0.25, 0.3) is 5.76 Å². The second-order valence-electron chi connectivity index (χ2n) is 7.15. The number of nitrogens with zero attached hydrogens (tertiary/aromatic N) is 1. The van der Waals surface area contributed by atoms with Crippen molar-refractivity contribution in [3.8, 4) is 0 Å². The highest BCUT2D eigenvalue weighted by atomic mass is 35.5. The predicted octanol–water partition coefficient (Wildman–Crippen LogP) is 5.00. The third kappa shape index (κ3) is 3.87. The zero-order chi connectivity index (χ0) is 21.1. The summed E-state index contributed by atoms with van der Waals surface area (Å²) in [6.45, 7) is 0.355. The van der Waals surface area contributed by atoms with Gasteiger partial charge in [-0.1, -0.05) is 84.4 Å². The summed E-state index contributed by atoms with van der Waals surface area (Å²) in [5, 5.41) is 11.5. The Morgan fingerprint density at radius 1 is 0.867 bits per heavy atom. The lowest BCUT2D eigenvalue weighted by Gasteiger charge is -2.25. The van der Waals surface area contributed by atoms with Crippen molar-refractivity contribution in [2.24, 2.45) is 0 Å². The number of rotatable bonds is 5. The van der Waals surface area contributed by atoms with Gasteiger partial charge in [-0.15, -0.1) is 0 Å². The van der Waals surface area contributed by atoms with Crippen molar-refractivity contribution < 1.29 is 14.7 Å². The second-order valence-corrected chi connectivity index (χ2v) is 7.58. The molecule has 5 heteroatoms. The smallest absolute Gasteiger partial charge is 0.295 e. The predicted molar refractivity (Wildman–Crippen MR) is 117 cm³/mol. The van der Waals surface area contributed by atoms with Crippen LogP contribution < -0.4 is 0 Å². The van der Waals surface area contributed by atoms with Gasteiger partial charge in [0.05, 0.1) is 11.6 Å². The van der Waals surface area contributed by atoms with Crippen molar-refractivity contribution in [3.05, 3.63) is 112 Å². The van der Waals surface area contributed by atoms with E-state index in [1.54, 1.807) is 48.5 Å². The van der Waals surface area contributed by atoms with Crippen LogP contribution >= 0.6 is 11.6 Å². The molecule has 1 saturated heterocycles. The lowest BCUT2D eigenvalue weighted by atomic mass is 9.95. The standard InChI is InChI=1S/C25H20ClNO3/c26-20-13-11-18(12-14-20)22-21(23(28)19-9-5-2-6-10-19)24(29)25(30)27(22)16-15-17-7-3-1-4-8-17/h1-14,22,28H,15-16H2/b23-21+/t22-/m1/s1. The first-order valence-electron chi connectivity index (χ1n) is 9.69. The van der Waals surface area contributed by atoms with Gasteiger partial charge >= 0.3 is 0 Å². The number of ketones is 1. The lowest BCUT2D eigenvalue weighted by molar-refractivity contribution is -0.139. The molecule has 1 amide bonds. The monoisotopic (exact) mass is 417 g/mol. The third-order valence-corrected chi connectivity index (χ3v) is 5.51. The first kappa shape index (κ1) is 19.9. The summed E-state index contributed by atoms with van der Waals surface area (Å²) < 4.78 is 0. The van der Waals surface area contributed by atoms with Gasteiger partial charge in [0.1, 0.15) is 5.76 Å². The number of aliphatic hydroxyl groups excluding tert-OH is 1. The van der Waals surface area contributed by atoms with Gasteiger partial charge < -0.3 is 10.0 Å². The molecular formula is C25H20ClNO3. The van der Waals surface area contributed by atoms with Crippen LogP contribution in [0.1, 0.15) is 22.7 Å². The molecule has 1 fully saturated rings. The Bertz CT molecular complexity index is 1090. The number of amides is 1. The Kier molecular flexibility index (Phi) is 5.68. The molecule has 30 heavy (non-hydrogen) atoms. The average molecular weight is 418 g/mol. The zero-order valence-electron chi connectivity index (χ0n) is 16.2.